The number of anilines is 9. The summed E-state index contributed by atoms with van der Waals surface area (Å²) >= 11 is 0. The lowest BCUT2D eigenvalue weighted by molar-refractivity contribution is 0.0958. The fraction of sp³-hybridized carbons (Fsp3) is 0.257. The minimum absolute atomic E-state index is 0.108. The third-order valence-electron chi connectivity index (χ3n) is 19.3. The molecule has 6 aliphatic rings. The van der Waals surface area contributed by atoms with Crippen LogP contribution in [0.2, 0.25) is 0 Å². The third kappa shape index (κ3) is 12.7. The number of methoxy groups -OCH3 is 1. The second-order valence-corrected chi connectivity index (χ2v) is 25.5. The van der Waals surface area contributed by atoms with Crippen molar-refractivity contribution in [3.8, 4) is 39.7 Å². The number of pyridine rings is 6. The molecule has 27 nitrogen and oxygen atoms in total. The van der Waals surface area contributed by atoms with Crippen molar-refractivity contribution >= 4 is 86.2 Å². The lowest BCUT2D eigenvalue weighted by atomic mass is 9.99. The van der Waals surface area contributed by atoms with E-state index in [1.807, 2.05) is 150 Å². The van der Waals surface area contributed by atoms with Crippen LogP contribution in [0.25, 0.3) is 50.8 Å². The zero-order valence-corrected chi connectivity index (χ0v) is 55.5. The van der Waals surface area contributed by atoms with Gasteiger partial charge in [-0.3, -0.25) is 28.2 Å². The van der Waals surface area contributed by atoms with Crippen LogP contribution in [0.1, 0.15) is 79.0 Å². The molecule has 16 heterocycles. The number of imidazole rings is 3. The van der Waals surface area contributed by atoms with Crippen molar-refractivity contribution in [2.75, 3.05) is 90.2 Å². The van der Waals surface area contributed by atoms with Crippen LogP contribution in [0.3, 0.4) is 0 Å². The molecule has 2 aromatic carbocycles. The maximum atomic E-state index is 12.8. The summed E-state index contributed by atoms with van der Waals surface area (Å²) in [6.45, 7) is 9.82. The Hall–Kier alpha value is -12.1. The number of aliphatic hydroxyl groups is 2. The number of hydrogen-bond acceptors (Lipinski definition) is 21. The number of nitrogens with zero attached hydrogens (tertiary/aromatic N) is 14. The van der Waals surface area contributed by atoms with Crippen LogP contribution >= 0.6 is 0 Å². The van der Waals surface area contributed by atoms with Crippen LogP contribution < -0.4 is 51.3 Å². The van der Waals surface area contributed by atoms with Gasteiger partial charge in [0, 0.05) is 100 Å². The van der Waals surface area contributed by atoms with Crippen molar-refractivity contribution in [1.82, 2.24) is 69.3 Å². The molecule has 101 heavy (non-hydrogen) atoms. The molecule has 12 aromatic rings. The predicted molar refractivity (Wildman–Crippen MR) is 383 cm³/mol. The Morgan fingerprint density at radius 2 is 0.970 bits per heavy atom. The van der Waals surface area contributed by atoms with Gasteiger partial charge in [-0.2, -0.15) is 5.10 Å². The van der Waals surface area contributed by atoms with E-state index in [1.165, 1.54) is 0 Å². The molecule has 8 N–H and O–H groups in total. The first-order valence-corrected chi connectivity index (χ1v) is 33.8. The van der Waals surface area contributed by atoms with Gasteiger partial charge in [0.1, 0.15) is 34.5 Å². The smallest absolute Gasteiger partial charge is 0.254 e. The first-order chi connectivity index (χ1) is 49.4. The molecule has 0 atom stereocenters. The molecule has 0 radical (unpaired) electrons. The molecule has 0 unspecified atom stereocenters. The molecule has 3 saturated heterocycles. The monoisotopic (exact) mass is 1350 g/mol. The number of ether oxygens (including phenoxy) is 2. The van der Waals surface area contributed by atoms with Crippen LogP contribution in [0, 0.1) is 6.92 Å². The van der Waals surface area contributed by atoms with E-state index < -0.39 is 0 Å². The van der Waals surface area contributed by atoms with E-state index in [2.05, 4.69) is 81.6 Å². The highest BCUT2D eigenvalue weighted by molar-refractivity contribution is 6.08. The minimum atomic E-state index is -0.209. The van der Waals surface area contributed by atoms with Crippen LogP contribution in [-0.4, -0.2) is 153 Å². The SMILES string of the molecule is COc1ccn2c(-c3ccc(Nc4ccc(N5CCC(O)CC5)cn4)c4c3CNC4=O)cnc2c1.Cc1ccn2c(-c3ncc(Nc4ccc(N5CCOCC5)cn4)c4c3CNC4=O)cnc2c1.O=C1NCc2c(-c3cnc4cccnn34)ccc(Nc3ccc(N4CCC(O)CC4)cn3)c21. The molecule has 10 aromatic heterocycles. The first-order valence-electron chi connectivity index (χ1n) is 33.8. The number of aliphatic hydroxyl groups excluding tert-OH is 2. The number of carbonyl (C=O) groups excluding carboxylic acids is 3. The van der Waals surface area contributed by atoms with E-state index >= 15 is 0 Å². The van der Waals surface area contributed by atoms with Crippen LogP contribution in [0.15, 0.2) is 159 Å². The summed E-state index contributed by atoms with van der Waals surface area (Å²) in [5, 5.41) is 42.6. The first kappa shape index (κ1) is 63.7. The van der Waals surface area contributed by atoms with E-state index in [0.717, 1.165) is 180 Å². The Morgan fingerprint density at radius 3 is 1.53 bits per heavy atom. The number of aromatic nitrogens is 11. The molecule has 0 saturated carbocycles. The molecule has 6 aliphatic heterocycles. The number of benzene rings is 2. The highest BCUT2D eigenvalue weighted by Gasteiger charge is 2.32. The number of amides is 3. The molecule has 3 amide bonds. The Morgan fingerprint density at radius 1 is 0.485 bits per heavy atom. The highest BCUT2D eigenvalue weighted by atomic mass is 16.5. The van der Waals surface area contributed by atoms with Crippen LogP contribution in [0.4, 0.5) is 51.6 Å². The largest absolute Gasteiger partial charge is 0.497 e. The van der Waals surface area contributed by atoms with E-state index in [-0.39, 0.29) is 29.9 Å². The number of nitrogens with one attached hydrogen (secondary N) is 6. The van der Waals surface area contributed by atoms with Gasteiger partial charge in [-0.1, -0.05) is 12.1 Å². The third-order valence-corrected chi connectivity index (χ3v) is 19.3. The van der Waals surface area contributed by atoms with Crippen molar-refractivity contribution < 1.29 is 34.1 Å². The van der Waals surface area contributed by atoms with Gasteiger partial charge in [0.05, 0.1) is 149 Å². The maximum absolute atomic E-state index is 12.8. The zero-order valence-electron chi connectivity index (χ0n) is 55.5. The highest BCUT2D eigenvalue weighted by Crippen LogP contribution is 2.39. The van der Waals surface area contributed by atoms with Gasteiger partial charge in [-0.15, -0.1) is 0 Å². The lowest BCUT2D eigenvalue weighted by Gasteiger charge is -2.31. The van der Waals surface area contributed by atoms with Gasteiger partial charge >= 0.3 is 0 Å². The Balaban J connectivity index is 0.000000118. The van der Waals surface area contributed by atoms with Gasteiger partial charge < -0.3 is 66.3 Å². The second kappa shape index (κ2) is 27.3. The van der Waals surface area contributed by atoms with Gasteiger partial charge in [0.15, 0.2) is 5.65 Å². The minimum Gasteiger partial charge on any atom is -0.497 e. The van der Waals surface area contributed by atoms with E-state index in [9.17, 15) is 24.6 Å². The molecular formula is C74H72N20O7. The van der Waals surface area contributed by atoms with Crippen molar-refractivity contribution in [2.45, 2.75) is 64.4 Å². The molecule has 0 spiro atoms. The summed E-state index contributed by atoms with van der Waals surface area (Å²) in [5.74, 6) is 2.40. The molecule has 510 valence electrons. The number of hydrogen-bond donors (Lipinski definition) is 8. The number of morpholine rings is 1. The van der Waals surface area contributed by atoms with Crippen molar-refractivity contribution in [3.05, 3.63) is 198 Å². The van der Waals surface area contributed by atoms with Gasteiger partial charge in [-0.25, -0.2) is 34.4 Å². The Bertz CT molecular complexity index is 5120. The molecule has 0 aliphatic carbocycles. The van der Waals surface area contributed by atoms with Gasteiger partial charge in [0.2, 0.25) is 0 Å². The van der Waals surface area contributed by atoms with Crippen molar-refractivity contribution in [3.63, 3.8) is 0 Å². The summed E-state index contributed by atoms with van der Waals surface area (Å²) in [7, 11) is 1.63. The summed E-state index contributed by atoms with van der Waals surface area (Å²) in [6, 6.07) is 31.2. The summed E-state index contributed by atoms with van der Waals surface area (Å²) in [6.07, 6.45) is 20.9. The fourth-order valence-electron chi connectivity index (χ4n) is 13.9. The summed E-state index contributed by atoms with van der Waals surface area (Å²) in [4.78, 5) is 76.8. The number of fused-ring (bicyclic) bond motifs is 6. The number of aryl methyl sites for hydroxylation is 1. The van der Waals surface area contributed by atoms with Crippen LogP contribution in [-0.2, 0) is 24.4 Å². The number of carbonyl (C=O) groups is 3. The predicted octanol–water partition coefficient (Wildman–Crippen LogP) is 9.02. The standard InChI is InChI=1S/C26H26N6O3.2C24H23N7O2/c1-35-18-8-11-32-22(15-28-24(32)12-18)19-3-4-21(25-20(19)14-29-26(25)34)30-23-5-2-16(13-27-23)31-9-6-17(33)7-10-31;1-15-4-5-31-19(14-26-21(31)10-15)23-17-12-28-24(32)22(17)18(13-27-23)29-20-3-2-16(11-25-20)30-6-8-33-9-7-30;32-16-7-10-30(11-8-16)15-3-6-21(25-12-15)29-19-5-4-17(18-13-27-24(33)23(18)19)20-14-26-22-2-1-9-28-31(20)22/h2-5,8,11-13,15,17,33H,6-7,9-10,14H2,1H3,(H,27,30)(H,29,34);2-5,10-11,13-14H,6-9,12H2,1H3,(H,25,29)(H,28,32);1-6,9,12,14,16,32H,7-8,10-11,13H2,(H,25,29)(H,27,33). The van der Waals surface area contributed by atoms with Crippen molar-refractivity contribution in [1.29, 1.82) is 0 Å². The van der Waals surface area contributed by atoms with E-state index in [1.54, 1.807) is 36.4 Å². The molecule has 0 bridgehead atoms. The molecule has 27 heteroatoms. The van der Waals surface area contributed by atoms with Gasteiger partial charge in [-0.05, 0) is 128 Å². The second-order valence-electron chi connectivity index (χ2n) is 25.5. The Labute approximate surface area is 579 Å². The summed E-state index contributed by atoms with van der Waals surface area (Å²) < 4.78 is 16.5. The van der Waals surface area contributed by atoms with Gasteiger partial charge in [0.25, 0.3) is 17.7 Å². The van der Waals surface area contributed by atoms with Crippen molar-refractivity contribution in [2.24, 2.45) is 0 Å². The number of rotatable bonds is 13. The maximum Gasteiger partial charge on any atom is 0.254 e. The zero-order chi connectivity index (χ0) is 68.7. The summed E-state index contributed by atoms with van der Waals surface area (Å²) in [5.41, 5.74) is 18.5. The lowest BCUT2D eigenvalue weighted by Crippen LogP contribution is -2.36. The quantitative estimate of drug-likeness (QED) is 0.0534. The number of piperidine rings is 2. The fourth-order valence-corrected chi connectivity index (χ4v) is 13.9. The van der Waals surface area contributed by atoms with E-state index in [4.69, 9.17) is 14.5 Å². The molecular weight excluding hydrogens is 1280 g/mol. The molecule has 3 fully saturated rings. The Kier molecular flexibility index (Phi) is 17.2. The van der Waals surface area contributed by atoms with Crippen LogP contribution in [0.5, 0.6) is 5.75 Å². The van der Waals surface area contributed by atoms with E-state index in [0.29, 0.717) is 65.2 Å². The average Bonchev–Trinajstić information content (AvgIpc) is 1.63. The molecule has 18 rings (SSSR count). The topological polar surface area (TPSA) is 308 Å². The normalized spacial score (nSPS) is 15.8. The average molecular weight is 1350 g/mol.